The highest BCUT2D eigenvalue weighted by Crippen LogP contribution is 2.32. The molecule has 0 atom stereocenters. The maximum atomic E-state index is 11.7. The summed E-state index contributed by atoms with van der Waals surface area (Å²) < 4.78 is 5.22. The molecule has 0 aromatic rings. The number of carbonyl (C=O) groups is 1. The standard InChI is InChI=1S/C16H30N2O2/c1-13(2)20-16(19)12-18-10-6-15(7-11-18)14-4-8-17(3)9-5-14/h13-15H,4-12H2,1-3H3. The second-order valence-electron chi connectivity index (χ2n) is 6.79. The molecule has 0 saturated carbocycles. The van der Waals surface area contributed by atoms with Gasteiger partial charge in [0.25, 0.3) is 0 Å². The first-order valence-electron chi connectivity index (χ1n) is 8.15. The van der Waals surface area contributed by atoms with Gasteiger partial charge in [-0.1, -0.05) is 0 Å². The molecule has 0 aromatic carbocycles. The maximum Gasteiger partial charge on any atom is 0.320 e. The van der Waals surface area contributed by atoms with Gasteiger partial charge in [0.05, 0.1) is 12.6 Å². The van der Waals surface area contributed by atoms with Gasteiger partial charge in [-0.05, 0) is 84.6 Å². The van der Waals surface area contributed by atoms with E-state index in [0.717, 1.165) is 24.9 Å². The second-order valence-corrected chi connectivity index (χ2v) is 6.79. The summed E-state index contributed by atoms with van der Waals surface area (Å²) in [7, 11) is 2.22. The Balaban J connectivity index is 1.68. The fraction of sp³-hybridized carbons (Fsp3) is 0.938. The van der Waals surface area contributed by atoms with Gasteiger partial charge in [-0.15, -0.1) is 0 Å². The summed E-state index contributed by atoms with van der Waals surface area (Å²) in [5.74, 6) is 1.72. The maximum absolute atomic E-state index is 11.7. The van der Waals surface area contributed by atoms with Crippen molar-refractivity contribution in [3.05, 3.63) is 0 Å². The third kappa shape index (κ3) is 4.74. The van der Waals surface area contributed by atoms with E-state index in [-0.39, 0.29) is 12.1 Å². The van der Waals surface area contributed by atoms with E-state index in [4.69, 9.17) is 4.74 Å². The molecule has 2 saturated heterocycles. The third-order valence-electron chi connectivity index (χ3n) is 4.78. The smallest absolute Gasteiger partial charge is 0.320 e. The molecule has 2 rings (SSSR count). The van der Waals surface area contributed by atoms with Crippen LogP contribution in [-0.2, 0) is 9.53 Å². The van der Waals surface area contributed by atoms with Crippen LogP contribution in [0.5, 0.6) is 0 Å². The van der Waals surface area contributed by atoms with Crippen LogP contribution in [-0.4, -0.2) is 61.6 Å². The van der Waals surface area contributed by atoms with Gasteiger partial charge in [-0.25, -0.2) is 0 Å². The Kier molecular flexibility index (Phi) is 5.85. The van der Waals surface area contributed by atoms with Crippen LogP contribution in [0.25, 0.3) is 0 Å². The predicted octanol–water partition coefficient (Wildman–Crippen LogP) is 1.99. The second kappa shape index (κ2) is 7.41. The van der Waals surface area contributed by atoms with Crippen LogP contribution in [0, 0.1) is 11.8 Å². The highest BCUT2D eigenvalue weighted by Gasteiger charge is 2.29. The Hall–Kier alpha value is -0.610. The number of nitrogens with zero attached hydrogens (tertiary/aromatic N) is 2. The molecule has 4 nitrogen and oxygen atoms in total. The molecule has 20 heavy (non-hydrogen) atoms. The Labute approximate surface area is 123 Å². The van der Waals surface area contributed by atoms with E-state index in [0.29, 0.717) is 6.54 Å². The molecule has 0 radical (unpaired) electrons. The van der Waals surface area contributed by atoms with Crippen molar-refractivity contribution in [3.63, 3.8) is 0 Å². The van der Waals surface area contributed by atoms with Crippen LogP contribution in [0.15, 0.2) is 0 Å². The fourth-order valence-electron chi connectivity index (χ4n) is 3.57. The van der Waals surface area contributed by atoms with Gasteiger partial charge in [0.2, 0.25) is 0 Å². The van der Waals surface area contributed by atoms with Crippen LogP contribution >= 0.6 is 0 Å². The molecular weight excluding hydrogens is 252 g/mol. The Morgan fingerprint density at radius 1 is 1.05 bits per heavy atom. The third-order valence-corrected chi connectivity index (χ3v) is 4.78. The van der Waals surface area contributed by atoms with Crippen molar-refractivity contribution in [3.8, 4) is 0 Å². The lowest BCUT2D eigenvalue weighted by atomic mass is 9.79. The molecule has 0 aromatic heterocycles. The molecule has 2 aliphatic rings. The molecule has 0 unspecified atom stereocenters. The van der Waals surface area contributed by atoms with E-state index < -0.39 is 0 Å². The van der Waals surface area contributed by atoms with Crippen molar-refractivity contribution in [1.82, 2.24) is 9.80 Å². The van der Waals surface area contributed by atoms with Crippen molar-refractivity contribution in [2.45, 2.75) is 45.6 Å². The minimum absolute atomic E-state index is 0.000678. The molecule has 0 amide bonds. The summed E-state index contributed by atoms with van der Waals surface area (Å²) in [5, 5.41) is 0. The first kappa shape index (κ1) is 15.8. The van der Waals surface area contributed by atoms with Crippen LogP contribution in [0.4, 0.5) is 0 Å². The molecule has 116 valence electrons. The number of piperidine rings is 2. The first-order chi connectivity index (χ1) is 9.54. The van der Waals surface area contributed by atoms with Gasteiger partial charge < -0.3 is 9.64 Å². The molecule has 2 fully saturated rings. The number of hydrogen-bond acceptors (Lipinski definition) is 4. The minimum atomic E-state index is -0.0715. The van der Waals surface area contributed by atoms with E-state index in [1.165, 1.54) is 38.8 Å². The number of ether oxygens (including phenoxy) is 1. The quantitative estimate of drug-likeness (QED) is 0.738. The summed E-state index contributed by atoms with van der Waals surface area (Å²) in [4.78, 5) is 16.4. The zero-order chi connectivity index (χ0) is 14.5. The largest absolute Gasteiger partial charge is 0.462 e. The molecular formula is C16H30N2O2. The molecule has 0 bridgehead atoms. The summed E-state index contributed by atoms with van der Waals surface area (Å²) in [5.41, 5.74) is 0. The Morgan fingerprint density at radius 3 is 2.05 bits per heavy atom. The summed E-state index contributed by atoms with van der Waals surface area (Å²) in [6.07, 6.45) is 5.22. The van der Waals surface area contributed by atoms with E-state index >= 15 is 0 Å². The average Bonchev–Trinajstić information content (AvgIpc) is 2.39. The molecule has 0 N–H and O–H groups in total. The Bertz CT molecular complexity index is 304. The van der Waals surface area contributed by atoms with Crippen molar-refractivity contribution in [1.29, 1.82) is 0 Å². The molecule has 2 heterocycles. The number of likely N-dealkylation sites (tertiary alicyclic amines) is 2. The number of rotatable bonds is 4. The van der Waals surface area contributed by atoms with Gasteiger partial charge in [0.15, 0.2) is 0 Å². The number of carbonyl (C=O) groups excluding carboxylic acids is 1. The van der Waals surface area contributed by atoms with E-state index in [1.807, 2.05) is 13.8 Å². The van der Waals surface area contributed by atoms with E-state index in [2.05, 4.69) is 16.8 Å². The summed E-state index contributed by atoms with van der Waals surface area (Å²) >= 11 is 0. The van der Waals surface area contributed by atoms with Crippen molar-refractivity contribution >= 4 is 5.97 Å². The Morgan fingerprint density at radius 2 is 1.55 bits per heavy atom. The predicted molar refractivity (Wildman–Crippen MR) is 80.6 cm³/mol. The lowest BCUT2D eigenvalue weighted by Gasteiger charge is -2.39. The zero-order valence-electron chi connectivity index (χ0n) is 13.3. The van der Waals surface area contributed by atoms with Gasteiger partial charge in [0, 0.05) is 0 Å². The summed E-state index contributed by atoms with van der Waals surface area (Å²) in [6.45, 7) is 8.92. The van der Waals surface area contributed by atoms with E-state index in [1.54, 1.807) is 0 Å². The lowest BCUT2D eigenvalue weighted by molar-refractivity contribution is -0.149. The first-order valence-corrected chi connectivity index (χ1v) is 8.15. The number of esters is 1. The van der Waals surface area contributed by atoms with Gasteiger partial charge in [-0.3, -0.25) is 9.69 Å². The lowest BCUT2D eigenvalue weighted by Crippen LogP contribution is -2.42. The minimum Gasteiger partial charge on any atom is -0.462 e. The van der Waals surface area contributed by atoms with Gasteiger partial charge in [0.1, 0.15) is 0 Å². The average molecular weight is 282 g/mol. The molecule has 0 aliphatic carbocycles. The molecule has 2 aliphatic heterocycles. The highest BCUT2D eigenvalue weighted by atomic mass is 16.5. The molecule has 4 heteroatoms. The summed E-state index contributed by atoms with van der Waals surface area (Å²) in [6, 6.07) is 0. The molecule has 0 spiro atoms. The van der Waals surface area contributed by atoms with Crippen LogP contribution < -0.4 is 0 Å². The normalized spacial score (nSPS) is 24.2. The topological polar surface area (TPSA) is 32.8 Å². The van der Waals surface area contributed by atoms with Crippen molar-refractivity contribution in [2.75, 3.05) is 39.8 Å². The van der Waals surface area contributed by atoms with Crippen molar-refractivity contribution in [2.24, 2.45) is 11.8 Å². The van der Waals surface area contributed by atoms with Crippen molar-refractivity contribution < 1.29 is 9.53 Å². The van der Waals surface area contributed by atoms with Crippen LogP contribution in [0.2, 0.25) is 0 Å². The van der Waals surface area contributed by atoms with Crippen LogP contribution in [0.1, 0.15) is 39.5 Å². The zero-order valence-corrected chi connectivity index (χ0v) is 13.3. The monoisotopic (exact) mass is 282 g/mol. The van der Waals surface area contributed by atoms with E-state index in [9.17, 15) is 4.79 Å². The van der Waals surface area contributed by atoms with Gasteiger partial charge >= 0.3 is 5.97 Å². The number of hydrogen-bond donors (Lipinski definition) is 0. The van der Waals surface area contributed by atoms with Crippen LogP contribution in [0.3, 0.4) is 0 Å². The fourth-order valence-corrected chi connectivity index (χ4v) is 3.57. The highest BCUT2D eigenvalue weighted by molar-refractivity contribution is 5.71. The van der Waals surface area contributed by atoms with Gasteiger partial charge in [-0.2, -0.15) is 0 Å². The SMILES string of the molecule is CC(C)OC(=O)CN1CCC(C2CCN(C)CC2)CC1.